The van der Waals surface area contributed by atoms with E-state index in [0.29, 0.717) is 15.0 Å². The van der Waals surface area contributed by atoms with Gasteiger partial charge in [-0.2, -0.15) is 0 Å². The maximum atomic E-state index is 8.63. The molecule has 0 amide bonds. The number of rotatable bonds is 5. The molecule has 0 aromatic heterocycles. The Labute approximate surface area is 88.8 Å². The monoisotopic (exact) mass is 298 g/mol. The summed E-state index contributed by atoms with van der Waals surface area (Å²) in [4.78, 5) is 2.45. The Kier molecular flexibility index (Phi) is 6.80. The molecule has 0 aromatic carbocycles. The molecule has 0 fully saturated rings. The van der Waals surface area contributed by atoms with Gasteiger partial charge in [-0.3, -0.25) is 0 Å². The van der Waals surface area contributed by atoms with Gasteiger partial charge in [0.25, 0.3) is 0 Å². The zero-order chi connectivity index (χ0) is 9.56. The fourth-order valence-electron chi connectivity index (χ4n) is 0.734. The molecule has 0 aromatic rings. The van der Waals surface area contributed by atoms with Crippen molar-refractivity contribution in [2.24, 2.45) is 0 Å². The predicted molar refractivity (Wildman–Crippen MR) is 54.5 cm³/mol. The van der Waals surface area contributed by atoms with Crippen molar-refractivity contribution in [1.29, 1.82) is 5.26 Å². The Morgan fingerprint density at radius 3 is 2.42 bits per heavy atom. The van der Waals surface area contributed by atoms with Gasteiger partial charge in [0, 0.05) is 0 Å². The third kappa shape index (κ3) is 4.28. The summed E-state index contributed by atoms with van der Waals surface area (Å²) in [6, 6.07) is 2.26. The van der Waals surface area contributed by atoms with E-state index in [1.165, 1.54) is 3.44 Å². The molecule has 0 saturated heterocycles. The van der Waals surface area contributed by atoms with Crippen molar-refractivity contribution < 1.29 is 0 Å². The second kappa shape index (κ2) is 6.69. The Balaban J connectivity index is 3.94. The van der Waals surface area contributed by atoms with Crippen molar-refractivity contribution in [3.8, 4) is 6.07 Å². The molecule has 12 heavy (non-hydrogen) atoms. The topological polar surface area (TPSA) is 27.0 Å². The first-order valence-corrected chi connectivity index (χ1v) is 6.71. The first-order valence-electron chi connectivity index (χ1n) is 4.00. The molecule has 1 atom stereocenters. The van der Waals surface area contributed by atoms with Crippen LogP contribution in [0.3, 0.4) is 0 Å². The third-order valence-corrected chi connectivity index (χ3v) is 5.00. The Bertz CT molecular complexity index is 182. The summed E-state index contributed by atoms with van der Waals surface area (Å²) in [6.45, 7) is 8.29. The maximum absolute atomic E-state index is 8.63. The van der Waals surface area contributed by atoms with Crippen molar-refractivity contribution in [2.45, 2.75) is 25.6 Å². The van der Waals surface area contributed by atoms with Gasteiger partial charge in [0.15, 0.2) is 0 Å². The van der Waals surface area contributed by atoms with Crippen LogP contribution in [-0.4, -0.2) is 52.0 Å². The van der Waals surface area contributed by atoms with Gasteiger partial charge in [-0.25, -0.2) is 0 Å². The molecule has 4 heteroatoms. The van der Waals surface area contributed by atoms with Gasteiger partial charge in [-0.15, -0.1) is 0 Å². The fraction of sp³-hybridized carbons (Fsp3) is 0.750. The van der Waals surface area contributed by atoms with E-state index in [4.69, 9.17) is 5.26 Å². The summed E-state index contributed by atoms with van der Waals surface area (Å²) in [5.41, 5.74) is 0. The zero-order valence-corrected chi connectivity index (χ0v) is 11.1. The zero-order valence-electron chi connectivity index (χ0n) is 7.70. The number of nitriles is 1. The second-order valence-electron chi connectivity index (χ2n) is 2.33. The SMILES string of the molecule is CCN(CC)C(=[Se])[Se]C(C)C#N. The Morgan fingerprint density at radius 1 is 1.58 bits per heavy atom. The van der Waals surface area contributed by atoms with E-state index in [0.717, 1.165) is 13.1 Å². The molecule has 0 bridgehead atoms. The first kappa shape index (κ1) is 12.2. The van der Waals surface area contributed by atoms with Crippen LogP contribution in [0.15, 0.2) is 0 Å². The van der Waals surface area contributed by atoms with Gasteiger partial charge < -0.3 is 0 Å². The average Bonchev–Trinajstić information content (AvgIpc) is 2.06. The summed E-state index contributed by atoms with van der Waals surface area (Å²) in [5, 5.41) is 8.63. The molecule has 0 N–H and O–H groups in total. The van der Waals surface area contributed by atoms with Gasteiger partial charge in [0.05, 0.1) is 0 Å². The van der Waals surface area contributed by atoms with Crippen LogP contribution < -0.4 is 0 Å². The van der Waals surface area contributed by atoms with Crippen LogP contribution in [0.4, 0.5) is 0 Å². The molecule has 0 heterocycles. The Morgan fingerprint density at radius 2 is 2.08 bits per heavy atom. The van der Waals surface area contributed by atoms with E-state index >= 15 is 0 Å². The quantitative estimate of drug-likeness (QED) is 0.696. The standard InChI is InChI=1S/C8H14N2Se2/c1-4-10(5-2)8(11)12-7(3)6-9/h7H,4-5H2,1-3H3. The molecular formula is C8H14N2Se2. The molecule has 0 spiro atoms. The van der Waals surface area contributed by atoms with Crippen molar-refractivity contribution in [3.05, 3.63) is 0 Å². The van der Waals surface area contributed by atoms with Crippen molar-refractivity contribution in [1.82, 2.24) is 4.90 Å². The van der Waals surface area contributed by atoms with E-state index in [2.05, 4.69) is 40.4 Å². The van der Waals surface area contributed by atoms with Crippen LogP contribution in [0.2, 0.25) is 4.82 Å². The van der Waals surface area contributed by atoms with Gasteiger partial charge in [0.2, 0.25) is 0 Å². The van der Waals surface area contributed by atoms with Crippen LogP contribution in [0, 0.1) is 11.3 Å². The average molecular weight is 296 g/mol. The number of nitrogens with zero attached hydrogens (tertiary/aromatic N) is 2. The van der Waals surface area contributed by atoms with E-state index in [-0.39, 0.29) is 4.82 Å². The van der Waals surface area contributed by atoms with Gasteiger partial charge >= 0.3 is 88.9 Å². The summed E-state index contributed by atoms with van der Waals surface area (Å²) >= 11 is 3.36. The molecule has 1 unspecified atom stereocenters. The van der Waals surface area contributed by atoms with E-state index in [9.17, 15) is 0 Å². The minimum absolute atomic E-state index is 0.175. The molecular weight excluding hydrogens is 282 g/mol. The van der Waals surface area contributed by atoms with E-state index < -0.39 is 0 Å². The van der Waals surface area contributed by atoms with E-state index in [1.807, 2.05) is 6.92 Å². The molecule has 0 aliphatic heterocycles. The second-order valence-corrected chi connectivity index (χ2v) is 7.24. The molecule has 0 saturated carbocycles. The molecule has 0 aliphatic rings. The number of hydrogen-bond donors (Lipinski definition) is 0. The summed E-state index contributed by atoms with van der Waals surface area (Å²) < 4.78 is 1.27. The fourth-order valence-corrected chi connectivity index (χ4v) is 4.45. The molecule has 0 radical (unpaired) electrons. The number of hydrogen-bond acceptors (Lipinski definition) is 2. The van der Waals surface area contributed by atoms with Gasteiger partial charge in [-0.1, -0.05) is 0 Å². The van der Waals surface area contributed by atoms with Crippen LogP contribution >= 0.6 is 0 Å². The molecule has 0 aliphatic carbocycles. The normalized spacial score (nSPS) is 11.8. The minimum atomic E-state index is 0.175. The van der Waals surface area contributed by atoms with Gasteiger partial charge in [-0.05, 0) is 0 Å². The van der Waals surface area contributed by atoms with Crippen molar-refractivity contribution in [3.63, 3.8) is 0 Å². The molecule has 0 rings (SSSR count). The summed E-state index contributed by atoms with van der Waals surface area (Å²) in [6.07, 6.45) is 0. The van der Waals surface area contributed by atoms with Crippen LogP contribution in [0.25, 0.3) is 0 Å². The van der Waals surface area contributed by atoms with Crippen molar-refractivity contribution >= 4 is 34.0 Å². The van der Waals surface area contributed by atoms with Gasteiger partial charge in [0.1, 0.15) is 0 Å². The molecule has 68 valence electrons. The summed E-state index contributed by atoms with van der Waals surface area (Å²) in [5.74, 6) is 0. The molecule has 2 nitrogen and oxygen atoms in total. The first-order chi connectivity index (χ1) is 5.65. The van der Waals surface area contributed by atoms with E-state index in [1.54, 1.807) is 0 Å². The Hall–Kier alpha value is 0.199. The third-order valence-electron chi connectivity index (χ3n) is 1.48. The van der Waals surface area contributed by atoms with Crippen molar-refractivity contribution in [2.75, 3.05) is 13.1 Å². The summed E-state index contributed by atoms with van der Waals surface area (Å²) in [7, 11) is 0. The predicted octanol–water partition coefficient (Wildman–Crippen LogP) is 0.620. The van der Waals surface area contributed by atoms with Crippen LogP contribution in [0.1, 0.15) is 20.8 Å². The van der Waals surface area contributed by atoms with Crippen LogP contribution in [-0.2, 0) is 0 Å². The van der Waals surface area contributed by atoms with Crippen LogP contribution in [0.5, 0.6) is 0 Å².